The topological polar surface area (TPSA) is 76.8 Å². The second kappa shape index (κ2) is 8.72. The largest absolute Gasteiger partial charge is 0.465 e. The number of aromatic nitrogens is 1. The van der Waals surface area contributed by atoms with Crippen LogP contribution in [0.5, 0.6) is 11.5 Å². The smallest absolute Gasteiger partial charge is 0.231 e. The Bertz CT molecular complexity index is 1070. The minimum absolute atomic E-state index is 0.0324. The van der Waals surface area contributed by atoms with Crippen LogP contribution in [0.3, 0.4) is 0 Å². The summed E-state index contributed by atoms with van der Waals surface area (Å²) >= 11 is 1.52. The minimum Gasteiger partial charge on any atom is -0.465 e. The molecule has 1 saturated heterocycles. The van der Waals surface area contributed by atoms with E-state index in [4.69, 9.17) is 13.9 Å². The molecule has 0 bridgehead atoms. The lowest BCUT2D eigenvalue weighted by atomic mass is 10.2. The Labute approximate surface area is 185 Å². The first-order valence-corrected chi connectivity index (χ1v) is 11.5. The molecule has 2 aliphatic heterocycles. The van der Waals surface area contributed by atoms with Gasteiger partial charge in [-0.25, -0.2) is 4.98 Å². The number of thiazole rings is 1. The van der Waals surface area contributed by atoms with E-state index in [1.807, 2.05) is 42.6 Å². The first kappa shape index (κ1) is 20.1. The zero-order valence-corrected chi connectivity index (χ0v) is 18.2. The molecular weight excluding hydrogens is 414 g/mol. The summed E-state index contributed by atoms with van der Waals surface area (Å²) in [6, 6.07) is 9.84. The lowest BCUT2D eigenvalue weighted by molar-refractivity contribution is -0.120. The number of amides is 1. The summed E-state index contributed by atoms with van der Waals surface area (Å²) in [6.45, 7) is 4.79. The van der Waals surface area contributed by atoms with Crippen molar-refractivity contribution in [3.63, 3.8) is 0 Å². The molecule has 4 heterocycles. The lowest BCUT2D eigenvalue weighted by Crippen LogP contribution is -2.37. The van der Waals surface area contributed by atoms with E-state index in [9.17, 15) is 4.79 Å². The fourth-order valence-electron chi connectivity index (χ4n) is 4.08. The second-order valence-electron chi connectivity index (χ2n) is 7.90. The van der Waals surface area contributed by atoms with Crippen molar-refractivity contribution in [3.8, 4) is 22.1 Å². The molecule has 5 rings (SSSR count). The van der Waals surface area contributed by atoms with Crippen molar-refractivity contribution in [3.05, 3.63) is 52.9 Å². The average Bonchev–Trinajstić information content (AvgIpc) is 3.56. The van der Waals surface area contributed by atoms with Crippen LogP contribution >= 0.6 is 11.3 Å². The van der Waals surface area contributed by atoms with Gasteiger partial charge in [0.05, 0.1) is 18.2 Å². The highest BCUT2D eigenvalue weighted by Gasteiger charge is 2.26. The SMILES string of the molecule is Cc1ccc(C(CNC(=O)Cc2csc(-c3ccc4c(c3)OCO4)n2)N2CCCC2)o1. The van der Waals surface area contributed by atoms with Crippen molar-refractivity contribution < 1.29 is 18.7 Å². The van der Waals surface area contributed by atoms with Crippen molar-refractivity contribution in [2.75, 3.05) is 26.4 Å². The summed E-state index contributed by atoms with van der Waals surface area (Å²) < 4.78 is 16.7. The van der Waals surface area contributed by atoms with Crippen LogP contribution in [0.2, 0.25) is 0 Å². The molecule has 1 N–H and O–H groups in total. The third kappa shape index (κ3) is 4.45. The molecule has 1 fully saturated rings. The Hall–Kier alpha value is -2.84. The van der Waals surface area contributed by atoms with Gasteiger partial charge in [0.1, 0.15) is 16.5 Å². The van der Waals surface area contributed by atoms with Gasteiger partial charge in [-0.2, -0.15) is 0 Å². The van der Waals surface area contributed by atoms with Crippen molar-refractivity contribution in [1.82, 2.24) is 15.2 Å². The molecule has 162 valence electrons. The number of fused-ring (bicyclic) bond motifs is 1. The number of hydrogen-bond acceptors (Lipinski definition) is 7. The van der Waals surface area contributed by atoms with Gasteiger partial charge in [0, 0.05) is 17.5 Å². The van der Waals surface area contributed by atoms with Crippen LogP contribution in [0, 0.1) is 6.92 Å². The zero-order valence-electron chi connectivity index (χ0n) is 17.4. The molecule has 1 aromatic carbocycles. The van der Waals surface area contributed by atoms with Gasteiger partial charge in [-0.3, -0.25) is 9.69 Å². The molecule has 0 radical (unpaired) electrons. The molecule has 1 amide bonds. The summed E-state index contributed by atoms with van der Waals surface area (Å²) in [6.07, 6.45) is 2.63. The number of carbonyl (C=O) groups excluding carboxylic acids is 1. The summed E-state index contributed by atoms with van der Waals surface area (Å²) in [5.74, 6) is 3.25. The molecule has 0 spiro atoms. The predicted octanol–water partition coefficient (Wildman–Crippen LogP) is 3.94. The van der Waals surface area contributed by atoms with Crippen LogP contribution in [-0.2, 0) is 11.2 Å². The van der Waals surface area contributed by atoms with E-state index in [1.165, 1.54) is 24.2 Å². The number of benzene rings is 1. The third-order valence-electron chi connectivity index (χ3n) is 5.68. The number of aryl methyl sites for hydroxylation is 1. The zero-order chi connectivity index (χ0) is 21.2. The molecule has 2 aromatic heterocycles. The minimum atomic E-state index is -0.0324. The summed E-state index contributed by atoms with van der Waals surface area (Å²) in [5.41, 5.74) is 1.73. The molecule has 3 aromatic rings. The summed E-state index contributed by atoms with van der Waals surface area (Å²) in [4.78, 5) is 19.7. The van der Waals surface area contributed by atoms with E-state index >= 15 is 0 Å². The second-order valence-corrected chi connectivity index (χ2v) is 8.76. The summed E-state index contributed by atoms with van der Waals surface area (Å²) in [7, 11) is 0. The van der Waals surface area contributed by atoms with Crippen molar-refractivity contribution in [1.29, 1.82) is 0 Å². The number of carbonyl (C=O) groups is 1. The number of furan rings is 1. The number of hydrogen-bond donors (Lipinski definition) is 1. The molecule has 2 aliphatic rings. The Morgan fingerprint density at radius 1 is 1.19 bits per heavy atom. The van der Waals surface area contributed by atoms with E-state index in [-0.39, 0.29) is 25.2 Å². The maximum atomic E-state index is 12.6. The number of rotatable bonds is 7. The van der Waals surface area contributed by atoms with E-state index in [0.29, 0.717) is 6.54 Å². The molecule has 7 nitrogen and oxygen atoms in total. The average molecular weight is 440 g/mol. The fourth-order valence-corrected chi connectivity index (χ4v) is 4.90. The van der Waals surface area contributed by atoms with Gasteiger partial charge in [-0.15, -0.1) is 11.3 Å². The van der Waals surface area contributed by atoms with E-state index < -0.39 is 0 Å². The quantitative estimate of drug-likeness (QED) is 0.601. The monoisotopic (exact) mass is 439 g/mol. The van der Waals surface area contributed by atoms with E-state index in [0.717, 1.165) is 52.4 Å². The highest BCUT2D eigenvalue weighted by Crippen LogP contribution is 2.36. The van der Waals surface area contributed by atoms with Gasteiger partial charge in [-0.05, 0) is 63.2 Å². The number of nitrogens with zero attached hydrogens (tertiary/aromatic N) is 2. The fraction of sp³-hybridized carbons (Fsp3) is 0.391. The Kier molecular flexibility index (Phi) is 5.65. The number of likely N-dealkylation sites (tertiary alicyclic amines) is 1. The van der Waals surface area contributed by atoms with Crippen LogP contribution in [0.1, 0.15) is 36.1 Å². The molecule has 1 unspecified atom stereocenters. The first-order chi connectivity index (χ1) is 15.2. The van der Waals surface area contributed by atoms with E-state index in [1.54, 1.807) is 0 Å². The van der Waals surface area contributed by atoms with Crippen LogP contribution in [0.15, 0.2) is 40.1 Å². The first-order valence-electron chi connectivity index (χ1n) is 10.6. The lowest BCUT2D eigenvalue weighted by Gasteiger charge is -2.26. The Balaban J connectivity index is 1.21. The molecule has 1 atom stereocenters. The summed E-state index contributed by atoms with van der Waals surface area (Å²) in [5, 5.41) is 5.89. The van der Waals surface area contributed by atoms with Gasteiger partial charge in [0.2, 0.25) is 12.7 Å². The molecule has 31 heavy (non-hydrogen) atoms. The molecular formula is C23H25N3O4S. The highest BCUT2D eigenvalue weighted by atomic mass is 32.1. The maximum absolute atomic E-state index is 12.6. The molecule has 0 saturated carbocycles. The third-order valence-corrected chi connectivity index (χ3v) is 6.62. The van der Waals surface area contributed by atoms with Crippen molar-refractivity contribution in [2.24, 2.45) is 0 Å². The van der Waals surface area contributed by atoms with Crippen molar-refractivity contribution in [2.45, 2.75) is 32.2 Å². The van der Waals surface area contributed by atoms with Gasteiger partial charge in [-0.1, -0.05) is 0 Å². The van der Waals surface area contributed by atoms with Crippen LogP contribution in [-0.4, -0.2) is 42.2 Å². The van der Waals surface area contributed by atoms with E-state index in [2.05, 4.69) is 15.2 Å². The van der Waals surface area contributed by atoms with Gasteiger partial charge < -0.3 is 19.2 Å². The maximum Gasteiger partial charge on any atom is 0.231 e. The van der Waals surface area contributed by atoms with Crippen LogP contribution in [0.4, 0.5) is 0 Å². The molecule has 8 heteroatoms. The van der Waals surface area contributed by atoms with Gasteiger partial charge in [0.25, 0.3) is 0 Å². The van der Waals surface area contributed by atoms with Crippen LogP contribution in [0.25, 0.3) is 10.6 Å². The van der Waals surface area contributed by atoms with Gasteiger partial charge >= 0.3 is 0 Å². The predicted molar refractivity (Wildman–Crippen MR) is 117 cm³/mol. The normalized spacial score (nSPS) is 16.5. The standard InChI is InChI=1S/C23H25N3O4S/c1-15-4-6-19(30-15)18(26-8-2-3-9-26)12-24-22(27)11-17-13-31-23(25-17)16-5-7-20-21(10-16)29-14-28-20/h4-7,10,13,18H,2-3,8-9,11-12,14H2,1H3,(H,24,27). The van der Waals surface area contributed by atoms with Crippen molar-refractivity contribution >= 4 is 17.2 Å². The molecule has 0 aliphatic carbocycles. The van der Waals surface area contributed by atoms with Crippen LogP contribution < -0.4 is 14.8 Å². The Morgan fingerprint density at radius 3 is 2.84 bits per heavy atom. The number of nitrogens with one attached hydrogen (secondary N) is 1. The van der Waals surface area contributed by atoms with Gasteiger partial charge in [0.15, 0.2) is 11.5 Å². The number of ether oxygens (including phenoxy) is 2. The highest BCUT2D eigenvalue weighted by molar-refractivity contribution is 7.13. The Morgan fingerprint density at radius 2 is 2.03 bits per heavy atom.